The number of aromatic nitrogens is 3. The first-order chi connectivity index (χ1) is 15.6. The summed E-state index contributed by atoms with van der Waals surface area (Å²) in [6.07, 6.45) is 6.83. The maximum atomic E-state index is 13.2. The molecular formula is C25H23N5O2. The maximum absolute atomic E-state index is 13.2. The molecule has 0 unspecified atom stereocenters. The summed E-state index contributed by atoms with van der Waals surface area (Å²) in [5.74, 6) is -0.421. The van der Waals surface area contributed by atoms with Crippen LogP contribution < -0.4 is 16.1 Å². The van der Waals surface area contributed by atoms with E-state index in [0.717, 1.165) is 18.5 Å². The Morgan fingerprint density at radius 1 is 1.09 bits per heavy atom. The molecule has 5 rings (SSSR count). The molecule has 32 heavy (non-hydrogen) atoms. The molecule has 0 atom stereocenters. The lowest BCUT2D eigenvalue weighted by atomic mass is 10.1. The van der Waals surface area contributed by atoms with Crippen LogP contribution in [0.1, 0.15) is 28.5 Å². The fraction of sp³-hybridized carbons (Fsp3) is 0.200. The third kappa shape index (κ3) is 3.73. The van der Waals surface area contributed by atoms with Crippen LogP contribution in [-0.4, -0.2) is 26.5 Å². The van der Waals surface area contributed by atoms with E-state index < -0.39 is 5.91 Å². The highest BCUT2D eigenvalue weighted by Crippen LogP contribution is 2.25. The Kier molecular flexibility index (Phi) is 5.15. The van der Waals surface area contributed by atoms with Crippen molar-refractivity contribution in [3.63, 3.8) is 0 Å². The molecule has 3 aromatic heterocycles. The first-order valence-corrected chi connectivity index (χ1v) is 10.7. The zero-order valence-corrected chi connectivity index (χ0v) is 17.7. The van der Waals surface area contributed by atoms with Gasteiger partial charge in [-0.2, -0.15) is 0 Å². The van der Waals surface area contributed by atoms with Gasteiger partial charge in [0.25, 0.3) is 5.91 Å². The Morgan fingerprint density at radius 2 is 1.84 bits per heavy atom. The van der Waals surface area contributed by atoms with Gasteiger partial charge in [0.1, 0.15) is 17.0 Å². The molecule has 1 aliphatic rings. The van der Waals surface area contributed by atoms with Crippen LogP contribution in [0, 0.1) is 0 Å². The third-order valence-electron chi connectivity index (χ3n) is 5.82. The Hall–Kier alpha value is -4.00. The van der Waals surface area contributed by atoms with Crippen molar-refractivity contribution >= 4 is 28.3 Å². The van der Waals surface area contributed by atoms with E-state index in [9.17, 15) is 9.59 Å². The topological polar surface area (TPSA) is 88.9 Å². The summed E-state index contributed by atoms with van der Waals surface area (Å²) in [7, 11) is 0. The first kappa shape index (κ1) is 19.9. The summed E-state index contributed by atoms with van der Waals surface area (Å²) < 4.78 is 1.86. The zero-order chi connectivity index (χ0) is 22.1. The van der Waals surface area contributed by atoms with E-state index in [1.54, 1.807) is 36.8 Å². The van der Waals surface area contributed by atoms with Crippen molar-refractivity contribution in [2.75, 3.05) is 10.6 Å². The lowest BCUT2D eigenvalue weighted by molar-refractivity contribution is 0.102. The number of rotatable bonds is 5. The average Bonchev–Trinajstić information content (AvgIpc) is 3.24. The van der Waals surface area contributed by atoms with Crippen molar-refractivity contribution in [1.82, 2.24) is 14.5 Å². The van der Waals surface area contributed by atoms with Crippen LogP contribution >= 0.6 is 0 Å². The van der Waals surface area contributed by atoms with Gasteiger partial charge >= 0.3 is 0 Å². The van der Waals surface area contributed by atoms with Gasteiger partial charge in [0.15, 0.2) is 0 Å². The molecule has 3 heterocycles. The fourth-order valence-corrected chi connectivity index (χ4v) is 4.26. The highest BCUT2D eigenvalue weighted by Gasteiger charge is 2.21. The summed E-state index contributed by atoms with van der Waals surface area (Å²) in [5.41, 5.74) is 4.29. The van der Waals surface area contributed by atoms with Crippen molar-refractivity contribution < 1.29 is 4.79 Å². The molecule has 2 N–H and O–H groups in total. The Morgan fingerprint density at radius 3 is 2.53 bits per heavy atom. The number of nitrogens with one attached hydrogen (secondary N) is 2. The summed E-state index contributed by atoms with van der Waals surface area (Å²) in [6, 6.07) is 15.6. The van der Waals surface area contributed by atoms with Gasteiger partial charge in [-0.3, -0.25) is 14.6 Å². The van der Waals surface area contributed by atoms with Gasteiger partial charge < -0.3 is 15.2 Å². The molecule has 0 spiro atoms. The second-order valence-electron chi connectivity index (χ2n) is 7.94. The van der Waals surface area contributed by atoms with Crippen molar-refractivity contribution in [1.29, 1.82) is 0 Å². The fourth-order valence-electron chi connectivity index (χ4n) is 4.26. The van der Waals surface area contributed by atoms with E-state index >= 15 is 0 Å². The SMILES string of the molecule is CCn1cc(NC(=O)c2ccccn2)c(=O)c2cc(NC3Cc4ccccc4C3)cnc21. The molecule has 1 amide bonds. The van der Waals surface area contributed by atoms with E-state index in [1.807, 2.05) is 17.6 Å². The van der Waals surface area contributed by atoms with Crippen molar-refractivity contribution in [2.24, 2.45) is 0 Å². The minimum Gasteiger partial charge on any atom is -0.380 e. The number of carbonyl (C=O) groups excluding carboxylic acids is 1. The van der Waals surface area contributed by atoms with Gasteiger partial charge in [0.05, 0.1) is 17.3 Å². The molecule has 0 bridgehead atoms. The quantitative estimate of drug-likeness (QED) is 0.510. The molecule has 0 aliphatic heterocycles. The van der Waals surface area contributed by atoms with Gasteiger partial charge in [0.2, 0.25) is 5.43 Å². The second kappa shape index (κ2) is 8.26. The lowest BCUT2D eigenvalue weighted by Crippen LogP contribution is -2.22. The van der Waals surface area contributed by atoms with Crippen LogP contribution in [0.5, 0.6) is 0 Å². The average molecular weight is 425 g/mol. The lowest BCUT2D eigenvalue weighted by Gasteiger charge is -2.16. The number of hydrogen-bond acceptors (Lipinski definition) is 5. The normalized spacial score (nSPS) is 13.2. The molecule has 0 saturated carbocycles. The highest BCUT2D eigenvalue weighted by atomic mass is 16.2. The van der Waals surface area contributed by atoms with E-state index in [-0.39, 0.29) is 22.9 Å². The number of carbonyl (C=O) groups is 1. The van der Waals surface area contributed by atoms with Crippen molar-refractivity contribution in [3.05, 3.63) is 94.2 Å². The Balaban J connectivity index is 1.46. The molecule has 7 heteroatoms. The predicted molar refractivity (Wildman–Crippen MR) is 125 cm³/mol. The Bertz CT molecular complexity index is 1340. The molecule has 0 radical (unpaired) electrons. The van der Waals surface area contributed by atoms with Gasteiger partial charge in [-0.05, 0) is 49.1 Å². The number of anilines is 2. The molecule has 4 aromatic rings. The summed E-state index contributed by atoms with van der Waals surface area (Å²) in [5, 5.41) is 6.70. The van der Waals surface area contributed by atoms with Crippen LogP contribution in [0.15, 0.2) is 71.9 Å². The number of benzene rings is 1. The highest BCUT2D eigenvalue weighted by molar-refractivity contribution is 6.03. The minimum atomic E-state index is -0.421. The molecular weight excluding hydrogens is 402 g/mol. The zero-order valence-electron chi connectivity index (χ0n) is 17.7. The number of fused-ring (bicyclic) bond motifs is 2. The van der Waals surface area contributed by atoms with E-state index in [2.05, 4.69) is 44.9 Å². The van der Waals surface area contributed by atoms with E-state index in [1.165, 1.54) is 11.1 Å². The molecule has 160 valence electrons. The van der Waals surface area contributed by atoms with Gasteiger partial charge in [-0.1, -0.05) is 30.3 Å². The number of amides is 1. The van der Waals surface area contributed by atoms with Gasteiger partial charge in [0, 0.05) is 25.0 Å². The van der Waals surface area contributed by atoms with Crippen molar-refractivity contribution in [2.45, 2.75) is 32.4 Å². The second-order valence-corrected chi connectivity index (χ2v) is 7.94. The number of pyridine rings is 3. The summed E-state index contributed by atoms with van der Waals surface area (Å²) >= 11 is 0. The summed E-state index contributed by atoms with van der Waals surface area (Å²) in [4.78, 5) is 34.4. The Labute approximate surface area is 185 Å². The third-order valence-corrected chi connectivity index (χ3v) is 5.82. The molecule has 0 saturated heterocycles. The summed E-state index contributed by atoms with van der Waals surface area (Å²) in [6.45, 7) is 2.58. The smallest absolute Gasteiger partial charge is 0.274 e. The van der Waals surface area contributed by atoms with Crippen LogP contribution in [0.4, 0.5) is 11.4 Å². The molecule has 1 aliphatic carbocycles. The number of aryl methyl sites for hydroxylation is 1. The standard InChI is InChI=1S/C25H23N5O2/c1-2-30-15-22(29-25(32)21-9-5-6-10-26-21)23(31)20-13-19(14-27-24(20)30)28-18-11-16-7-3-4-8-17(16)12-18/h3-10,13-15,18,28H,2,11-12H2,1H3,(H,29,32). The van der Waals surface area contributed by atoms with Gasteiger partial charge in [-0.25, -0.2) is 4.98 Å². The maximum Gasteiger partial charge on any atom is 0.274 e. The predicted octanol–water partition coefficient (Wildman–Crippen LogP) is 3.64. The number of hydrogen-bond donors (Lipinski definition) is 2. The monoisotopic (exact) mass is 425 g/mol. The molecule has 1 aromatic carbocycles. The van der Waals surface area contributed by atoms with Crippen molar-refractivity contribution in [3.8, 4) is 0 Å². The van der Waals surface area contributed by atoms with Crippen LogP contribution in [-0.2, 0) is 19.4 Å². The minimum absolute atomic E-state index is 0.210. The van der Waals surface area contributed by atoms with E-state index in [4.69, 9.17) is 0 Å². The number of nitrogens with zero attached hydrogens (tertiary/aromatic N) is 3. The van der Waals surface area contributed by atoms with Crippen LogP contribution in [0.25, 0.3) is 11.0 Å². The van der Waals surface area contributed by atoms with E-state index in [0.29, 0.717) is 17.6 Å². The largest absolute Gasteiger partial charge is 0.380 e. The molecule has 7 nitrogen and oxygen atoms in total. The molecule has 0 fully saturated rings. The van der Waals surface area contributed by atoms with Gasteiger partial charge in [-0.15, -0.1) is 0 Å². The van der Waals surface area contributed by atoms with Crippen LogP contribution in [0.3, 0.4) is 0 Å². The first-order valence-electron chi connectivity index (χ1n) is 10.7. The van der Waals surface area contributed by atoms with Crippen LogP contribution in [0.2, 0.25) is 0 Å².